The summed E-state index contributed by atoms with van der Waals surface area (Å²) in [6.07, 6.45) is 0. The van der Waals surface area contributed by atoms with Crippen molar-refractivity contribution in [1.29, 1.82) is 0 Å². The van der Waals surface area contributed by atoms with Crippen molar-refractivity contribution in [3.8, 4) is 77.9 Å². The maximum atomic E-state index is 3.75. The van der Waals surface area contributed by atoms with Crippen molar-refractivity contribution in [1.82, 2.24) is 0 Å². The summed E-state index contributed by atoms with van der Waals surface area (Å²) in [7, 11) is 0. The van der Waals surface area contributed by atoms with Crippen LogP contribution in [0.1, 0.15) is 0 Å². The predicted molar refractivity (Wildman–Crippen MR) is 247 cm³/mol. The molecule has 0 aliphatic heterocycles. The molecule has 0 fully saturated rings. The molecule has 0 saturated carbocycles. The van der Waals surface area contributed by atoms with Crippen LogP contribution < -0.4 is 0 Å². The SMILES string of the molecule is Brc1cccc(-c2c3ccccc3c(-c3cccc(-c4cc(-c5ccccc5)c(-c5ccccc5)c(-c5ccccc5)c4-c4ccccc4)c3)c3ccccc23)c1. The molecule has 0 radical (unpaired) electrons. The molecule has 1 heteroatoms. The van der Waals surface area contributed by atoms with Gasteiger partial charge in [0.15, 0.2) is 0 Å². The van der Waals surface area contributed by atoms with Crippen molar-refractivity contribution in [3.63, 3.8) is 0 Å². The summed E-state index contributed by atoms with van der Waals surface area (Å²) in [4.78, 5) is 0. The standard InChI is InChI=1S/C56H37Br/c57-45-30-18-29-44(36-45)53-48-33-15-13-31-46(48)52(47-32-14-16-34-49(47)53)43-28-17-27-42(35-43)51-37-50(38-19-5-1-6-20-38)54(39-21-7-2-8-22-39)56(41-25-11-4-12-26-41)55(51)40-23-9-3-10-24-40/h1-37H. The number of hydrogen-bond acceptors (Lipinski definition) is 0. The molecule has 0 atom stereocenters. The summed E-state index contributed by atoms with van der Waals surface area (Å²) < 4.78 is 1.07. The Kier molecular flexibility index (Phi) is 9.14. The number of rotatable bonds is 7. The summed E-state index contributed by atoms with van der Waals surface area (Å²) in [6, 6.07) is 81.8. The third-order valence-corrected chi connectivity index (χ3v) is 11.6. The highest BCUT2D eigenvalue weighted by Gasteiger charge is 2.24. The fourth-order valence-corrected chi connectivity index (χ4v) is 9.09. The van der Waals surface area contributed by atoms with Gasteiger partial charge in [-0.3, -0.25) is 0 Å². The van der Waals surface area contributed by atoms with E-state index in [9.17, 15) is 0 Å². The van der Waals surface area contributed by atoms with Crippen LogP contribution in [-0.4, -0.2) is 0 Å². The van der Waals surface area contributed by atoms with E-state index >= 15 is 0 Å². The van der Waals surface area contributed by atoms with Crippen LogP contribution in [-0.2, 0) is 0 Å². The molecular weight excluding hydrogens is 753 g/mol. The second-order valence-electron chi connectivity index (χ2n) is 14.5. The lowest BCUT2D eigenvalue weighted by atomic mass is 9.78. The Bertz CT molecular complexity index is 2980. The van der Waals surface area contributed by atoms with E-state index < -0.39 is 0 Å². The molecule has 0 aliphatic carbocycles. The van der Waals surface area contributed by atoms with E-state index in [1.165, 1.54) is 99.4 Å². The van der Waals surface area contributed by atoms with Crippen LogP contribution in [0.4, 0.5) is 0 Å². The molecule has 0 heterocycles. The van der Waals surface area contributed by atoms with Gasteiger partial charge in [-0.2, -0.15) is 0 Å². The highest BCUT2D eigenvalue weighted by molar-refractivity contribution is 9.10. The molecule has 268 valence electrons. The highest BCUT2D eigenvalue weighted by Crippen LogP contribution is 2.51. The van der Waals surface area contributed by atoms with Gasteiger partial charge in [0.1, 0.15) is 0 Å². The van der Waals surface area contributed by atoms with E-state index in [1.54, 1.807) is 0 Å². The van der Waals surface area contributed by atoms with E-state index in [2.05, 4.69) is 240 Å². The molecule has 10 aromatic carbocycles. The minimum absolute atomic E-state index is 1.07. The Hall–Kier alpha value is -6.80. The topological polar surface area (TPSA) is 0 Å². The first kappa shape index (κ1) is 34.7. The number of fused-ring (bicyclic) bond motifs is 2. The molecule has 0 bridgehead atoms. The molecule has 0 aliphatic rings. The lowest BCUT2D eigenvalue weighted by Gasteiger charge is -2.25. The summed E-state index contributed by atoms with van der Waals surface area (Å²) >= 11 is 3.75. The lowest BCUT2D eigenvalue weighted by Crippen LogP contribution is -1.98. The van der Waals surface area contributed by atoms with Crippen molar-refractivity contribution in [2.75, 3.05) is 0 Å². The maximum absolute atomic E-state index is 3.75. The van der Waals surface area contributed by atoms with Gasteiger partial charge in [-0.25, -0.2) is 0 Å². The molecule has 0 unspecified atom stereocenters. The predicted octanol–water partition coefficient (Wildman–Crippen LogP) is 16.4. The van der Waals surface area contributed by atoms with E-state index in [-0.39, 0.29) is 0 Å². The van der Waals surface area contributed by atoms with Gasteiger partial charge >= 0.3 is 0 Å². The van der Waals surface area contributed by atoms with Gasteiger partial charge in [-0.15, -0.1) is 0 Å². The molecular formula is C56H37Br. The Labute approximate surface area is 342 Å². The molecule has 0 spiro atoms. The third-order valence-electron chi connectivity index (χ3n) is 11.1. The van der Waals surface area contributed by atoms with Crippen molar-refractivity contribution in [3.05, 3.63) is 229 Å². The molecule has 57 heavy (non-hydrogen) atoms. The maximum Gasteiger partial charge on any atom is 0.0181 e. The third kappa shape index (κ3) is 6.37. The van der Waals surface area contributed by atoms with Gasteiger partial charge in [-0.1, -0.05) is 216 Å². The van der Waals surface area contributed by atoms with Crippen LogP contribution in [0.5, 0.6) is 0 Å². The summed E-state index contributed by atoms with van der Waals surface area (Å²) in [5, 5.41) is 4.95. The first-order valence-electron chi connectivity index (χ1n) is 19.5. The van der Waals surface area contributed by atoms with Crippen molar-refractivity contribution in [2.45, 2.75) is 0 Å². The van der Waals surface area contributed by atoms with Crippen LogP contribution in [0.15, 0.2) is 229 Å². The fraction of sp³-hybridized carbons (Fsp3) is 0. The largest absolute Gasteiger partial charge is 0.0622 e. The minimum Gasteiger partial charge on any atom is -0.0622 e. The van der Waals surface area contributed by atoms with Gasteiger partial charge in [-0.05, 0) is 124 Å². The molecule has 0 N–H and O–H groups in total. The zero-order valence-electron chi connectivity index (χ0n) is 31.2. The summed E-state index contributed by atoms with van der Waals surface area (Å²) in [5.41, 5.74) is 16.9. The molecule has 10 rings (SSSR count). The lowest BCUT2D eigenvalue weighted by molar-refractivity contribution is 1.53. The highest BCUT2D eigenvalue weighted by atomic mass is 79.9. The normalized spacial score (nSPS) is 11.2. The Morgan fingerprint density at radius 1 is 0.211 bits per heavy atom. The van der Waals surface area contributed by atoms with Gasteiger partial charge in [0.25, 0.3) is 0 Å². The Morgan fingerprint density at radius 2 is 0.544 bits per heavy atom. The van der Waals surface area contributed by atoms with Crippen LogP contribution >= 0.6 is 15.9 Å². The van der Waals surface area contributed by atoms with Gasteiger partial charge in [0.2, 0.25) is 0 Å². The first-order valence-corrected chi connectivity index (χ1v) is 20.2. The second kappa shape index (κ2) is 15.0. The number of halogens is 1. The molecule has 0 saturated heterocycles. The number of benzene rings is 10. The Morgan fingerprint density at radius 3 is 1.00 bits per heavy atom. The van der Waals surface area contributed by atoms with E-state index in [0.29, 0.717) is 0 Å². The van der Waals surface area contributed by atoms with Crippen LogP contribution in [0, 0.1) is 0 Å². The van der Waals surface area contributed by atoms with Crippen LogP contribution in [0.25, 0.3) is 99.4 Å². The monoisotopic (exact) mass is 788 g/mol. The number of hydrogen-bond donors (Lipinski definition) is 0. The van der Waals surface area contributed by atoms with Crippen molar-refractivity contribution >= 4 is 37.5 Å². The minimum atomic E-state index is 1.07. The second-order valence-corrected chi connectivity index (χ2v) is 15.4. The van der Waals surface area contributed by atoms with Gasteiger partial charge < -0.3 is 0 Å². The van der Waals surface area contributed by atoms with E-state index in [1.807, 2.05) is 0 Å². The average Bonchev–Trinajstić information content (AvgIpc) is 3.28. The molecule has 0 amide bonds. The molecule has 0 nitrogen and oxygen atoms in total. The fourth-order valence-electron chi connectivity index (χ4n) is 8.70. The zero-order chi connectivity index (χ0) is 38.1. The zero-order valence-corrected chi connectivity index (χ0v) is 32.8. The van der Waals surface area contributed by atoms with E-state index in [4.69, 9.17) is 0 Å². The van der Waals surface area contributed by atoms with Gasteiger partial charge in [0, 0.05) is 4.47 Å². The first-order chi connectivity index (χ1) is 28.2. The van der Waals surface area contributed by atoms with Crippen LogP contribution in [0.2, 0.25) is 0 Å². The molecule has 10 aromatic rings. The van der Waals surface area contributed by atoms with E-state index in [0.717, 1.165) is 4.47 Å². The Balaban J connectivity index is 1.31. The van der Waals surface area contributed by atoms with Gasteiger partial charge in [0.05, 0.1) is 0 Å². The van der Waals surface area contributed by atoms with Crippen molar-refractivity contribution < 1.29 is 0 Å². The summed E-state index contributed by atoms with van der Waals surface area (Å²) in [5.74, 6) is 0. The summed E-state index contributed by atoms with van der Waals surface area (Å²) in [6.45, 7) is 0. The smallest absolute Gasteiger partial charge is 0.0181 e. The average molecular weight is 790 g/mol. The quantitative estimate of drug-likeness (QED) is 0.141. The molecule has 0 aromatic heterocycles. The van der Waals surface area contributed by atoms with Crippen LogP contribution in [0.3, 0.4) is 0 Å². The van der Waals surface area contributed by atoms with Crippen molar-refractivity contribution in [2.24, 2.45) is 0 Å².